The average Bonchev–Trinajstić information content (AvgIpc) is 2.32. The minimum Gasteiger partial charge on any atom is -0.312 e. The Morgan fingerprint density at radius 1 is 1.33 bits per heavy atom. The highest BCUT2D eigenvalue weighted by Gasteiger charge is 2.33. The average molecular weight is 261 g/mol. The van der Waals surface area contributed by atoms with Gasteiger partial charge in [0, 0.05) is 24.3 Å². The Kier molecular flexibility index (Phi) is 3.42. The third-order valence-corrected chi connectivity index (χ3v) is 5.75. The van der Waals surface area contributed by atoms with Crippen molar-refractivity contribution >= 4 is 11.8 Å². The lowest BCUT2D eigenvalue weighted by molar-refractivity contribution is 0.241. The van der Waals surface area contributed by atoms with Crippen LogP contribution in [0.4, 0.5) is 0 Å². The normalized spacial score (nSPS) is 29.4. The second-order valence-electron chi connectivity index (χ2n) is 6.37. The van der Waals surface area contributed by atoms with E-state index in [9.17, 15) is 0 Å². The minimum absolute atomic E-state index is 0.467. The van der Waals surface area contributed by atoms with Crippen LogP contribution in [0.1, 0.15) is 37.3 Å². The second-order valence-corrected chi connectivity index (χ2v) is 7.52. The molecule has 2 atom stereocenters. The van der Waals surface area contributed by atoms with E-state index in [0.717, 1.165) is 12.5 Å². The number of rotatable bonds is 3. The van der Waals surface area contributed by atoms with Crippen LogP contribution in [0.25, 0.3) is 0 Å². The maximum Gasteiger partial charge on any atom is 0.0209 e. The van der Waals surface area contributed by atoms with Gasteiger partial charge in [-0.05, 0) is 35.1 Å². The second kappa shape index (κ2) is 4.90. The number of fused-ring (bicyclic) bond motifs is 1. The Balaban J connectivity index is 1.57. The molecule has 3 rings (SSSR count). The molecule has 2 aliphatic rings. The minimum atomic E-state index is 0.467. The molecule has 1 heterocycles. The molecule has 2 unspecified atom stereocenters. The number of thioether (sulfide) groups is 1. The smallest absolute Gasteiger partial charge is 0.0209 e. The Morgan fingerprint density at radius 2 is 2.17 bits per heavy atom. The Bertz CT molecular complexity index is 427. The Labute approximate surface area is 115 Å². The lowest BCUT2D eigenvalue weighted by Crippen LogP contribution is -2.48. The lowest BCUT2D eigenvalue weighted by Gasteiger charge is -2.40. The number of hydrogen-bond donors (Lipinski definition) is 1. The molecule has 1 aliphatic carbocycles. The highest BCUT2D eigenvalue weighted by molar-refractivity contribution is 7.99. The highest BCUT2D eigenvalue weighted by atomic mass is 32.2. The highest BCUT2D eigenvalue weighted by Crippen LogP contribution is 2.37. The van der Waals surface area contributed by atoms with Gasteiger partial charge in [-0.2, -0.15) is 11.8 Å². The van der Waals surface area contributed by atoms with Gasteiger partial charge in [0.25, 0.3) is 0 Å². The third-order valence-electron chi connectivity index (χ3n) is 4.69. The molecular formula is C16H23NS. The summed E-state index contributed by atoms with van der Waals surface area (Å²) >= 11 is 2.11. The van der Waals surface area contributed by atoms with E-state index in [1.165, 1.54) is 24.3 Å². The standard InChI is InChI=1S/C16H23NS/c1-16(2)7-8-18-11-15(16)17-10-13-9-12-5-3-4-6-14(12)13/h3-6,13,15,17H,7-11H2,1-2H3. The largest absolute Gasteiger partial charge is 0.312 e. The first-order valence-electron chi connectivity index (χ1n) is 7.06. The summed E-state index contributed by atoms with van der Waals surface area (Å²) in [5, 5.41) is 3.83. The van der Waals surface area contributed by atoms with E-state index >= 15 is 0 Å². The van der Waals surface area contributed by atoms with Crippen molar-refractivity contribution in [2.75, 3.05) is 18.1 Å². The predicted octanol–water partition coefficient (Wildman–Crippen LogP) is 3.45. The summed E-state index contributed by atoms with van der Waals surface area (Å²) in [7, 11) is 0. The molecule has 0 spiro atoms. The van der Waals surface area contributed by atoms with Gasteiger partial charge in [-0.25, -0.2) is 0 Å². The molecule has 2 heteroatoms. The van der Waals surface area contributed by atoms with Crippen LogP contribution in [0.15, 0.2) is 24.3 Å². The van der Waals surface area contributed by atoms with Crippen LogP contribution in [-0.2, 0) is 6.42 Å². The van der Waals surface area contributed by atoms with Gasteiger partial charge in [0.15, 0.2) is 0 Å². The van der Waals surface area contributed by atoms with Gasteiger partial charge in [0.05, 0.1) is 0 Å². The van der Waals surface area contributed by atoms with Crippen LogP contribution >= 0.6 is 11.8 Å². The summed E-state index contributed by atoms with van der Waals surface area (Å²) in [6.45, 7) is 5.99. The van der Waals surface area contributed by atoms with Crippen molar-refractivity contribution in [3.05, 3.63) is 35.4 Å². The summed E-state index contributed by atoms with van der Waals surface area (Å²) in [5.41, 5.74) is 3.60. The zero-order valence-corrected chi connectivity index (χ0v) is 12.2. The van der Waals surface area contributed by atoms with Crippen molar-refractivity contribution < 1.29 is 0 Å². The fourth-order valence-electron chi connectivity index (χ4n) is 3.10. The molecule has 0 bridgehead atoms. The molecule has 0 aromatic heterocycles. The van der Waals surface area contributed by atoms with Crippen LogP contribution in [0, 0.1) is 5.41 Å². The van der Waals surface area contributed by atoms with Crippen molar-refractivity contribution in [3.8, 4) is 0 Å². The molecule has 1 aliphatic heterocycles. The quantitative estimate of drug-likeness (QED) is 0.894. The van der Waals surface area contributed by atoms with Gasteiger partial charge in [-0.15, -0.1) is 0 Å². The van der Waals surface area contributed by atoms with E-state index < -0.39 is 0 Å². The van der Waals surface area contributed by atoms with E-state index in [2.05, 4.69) is 55.2 Å². The zero-order valence-electron chi connectivity index (χ0n) is 11.4. The van der Waals surface area contributed by atoms with Gasteiger partial charge in [0.1, 0.15) is 0 Å². The molecule has 1 aromatic carbocycles. The number of benzene rings is 1. The topological polar surface area (TPSA) is 12.0 Å². The van der Waals surface area contributed by atoms with Crippen molar-refractivity contribution in [2.45, 2.75) is 38.6 Å². The molecule has 0 radical (unpaired) electrons. The van der Waals surface area contributed by atoms with Gasteiger partial charge in [0.2, 0.25) is 0 Å². The predicted molar refractivity (Wildman–Crippen MR) is 80.4 cm³/mol. The Hall–Kier alpha value is -0.470. The molecule has 0 amide bonds. The molecule has 1 saturated heterocycles. The summed E-state index contributed by atoms with van der Waals surface area (Å²) in [6, 6.07) is 9.58. The fourth-order valence-corrected chi connectivity index (χ4v) is 4.74. The molecule has 1 aromatic rings. The van der Waals surface area contributed by atoms with E-state index in [1.807, 2.05) is 0 Å². The van der Waals surface area contributed by atoms with Crippen LogP contribution in [0.2, 0.25) is 0 Å². The SMILES string of the molecule is CC1(C)CCSCC1NCC1Cc2ccccc21. The van der Waals surface area contributed by atoms with E-state index in [4.69, 9.17) is 0 Å². The van der Waals surface area contributed by atoms with Crippen molar-refractivity contribution in [3.63, 3.8) is 0 Å². The number of nitrogens with one attached hydrogen (secondary N) is 1. The van der Waals surface area contributed by atoms with Crippen LogP contribution < -0.4 is 5.32 Å². The van der Waals surface area contributed by atoms with E-state index in [0.29, 0.717) is 11.5 Å². The molecule has 0 saturated carbocycles. The Morgan fingerprint density at radius 3 is 2.94 bits per heavy atom. The van der Waals surface area contributed by atoms with E-state index in [1.54, 1.807) is 11.1 Å². The van der Waals surface area contributed by atoms with Crippen molar-refractivity contribution in [2.24, 2.45) is 5.41 Å². The van der Waals surface area contributed by atoms with E-state index in [-0.39, 0.29) is 0 Å². The molecular weight excluding hydrogens is 238 g/mol. The first-order chi connectivity index (χ1) is 8.67. The lowest BCUT2D eigenvalue weighted by atomic mass is 9.76. The molecule has 1 nitrogen and oxygen atoms in total. The number of hydrogen-bond acceptors (Lipinski definition) is 2. The zero-order chi connectivity index (χ0) is 12.6. The van der Waals surface area contributed by atoms with Gasteiger partial charge < -0.3 is 5.32 Å². The fraction of sp³-hybridized carbons (Fsp3) is 0.625. The summed E-state index contributed by atoms with van der Waals surface area (Å²) in [5.74, 6) is 3.36. The van der Waals surface area contributed by atoms with Crippen molar-refractivity contribution in [1.82, 2.24) is 5.32 Å². The third kappa shape index (κ3) is 2.33. The maximum atomic E-state index is 3.83. The molecule has 98 valence electrons. The summed E-state index contributed by atoms with van der Waals surface area (Å²) < 4.78 is 0. The first-order valence-corrected chi connectivity index (χ1v) is 8.21. The van der Waals surface area contributed by atoms with Crippen LogP contribution in [0.5, 0.6) is 0 Å². The monoisotopic (exact) mass is 261 g/mol. The van der Waals surface area contributed by atoms with Gasteiger partial charge >= 0.3 is 0 Å². The molecule has 1 N–H and O–H groups in total. The van der Waals surface area contributed by atoms with Crippen molar-refractivity contribution in [1.29, 1.82) is 0 Å². The van der Waals surface area contributed by atoms with Crippen LogP contribution in [0.3, 0.4) is 0 Å². The summed E-state index contributed by atoms with van der Waals surface area (Å²) in [4.78, 5) is 0. The maximum absolute atomic E-state index is 3.83. The molecule has 18 heavy (non-hydrogen) atoms. The molecule has 1 fully saturated rings. The van der Waals surface area contributed by atoms with Crippen LogP contribution in [-0.4, -0.2) is 24.1 Å². The summed E-state index contributed by atoms with van der Waals surface area (Å²) in [6.07, 6.45) is 2.61. The van der Waals surface area contributed by atoms with Gasteiger partial charge in [-0.3, -0.25) is 0 Å². The first kappa shape index (κ1) is 12.6. The van der Waals surface area contributed by atoms with Gasteiger partial charge in [-0.1, -0.05) is 38.1 Å².